The van der Waals surface area contributed by atoms with E-state index in [0.29, 0.717) is 19.7 Å². The highest BCUT2D eigenvalue weighted by atomic mass is 32.2. The summed E-state index contributed by atoms with van der Waals surface area (Å²) in [5, 5.41) is 3.49. The van der Waals surface area contributed by atoms with Gasteiger partial charge in [0.1, 0.15) is 11.9 Å². The standard InChI is InChI=1S/C27H25N5O2S2/c1-17-28-9-7-19(31-17)15-30-18-5-6-23-25(13-18)35-24-4-2-3-21(27(24)36-23)22-16-32(11-12-34-22)20-8-10-29-26(33)14-20/h2-10,13-14,22,30H,11-12,15-16H2,1H3,(H,29,33). The van der Waals surface area contributed by atoms with Crippen LogP contribution in [0.3, 0.4) is 0 Å². The molecule has 1 saturated heterocycles. The second-order valence-corrected chi connectivity index (χ2v) is 10.8. The number of nitrogens with zero attached hydrogens (tertiary/aromatic N) is 3. The van der Waals surface area contributed by atoms with Gasteiger partial charge in [0.2, 0.25) is 5.56 Å². The fraction of sp³-hybridized carbons (Fsp3) is 0.222. The normalized spacial score (nSPS) is 16.8. The summed E-state index contributed by atoms with van der Waals surface area (Å²) in [5.74, 6) is 0.779. The summed E-state index contributed by atoms with van der Waals surface area (Å²) in [5.41, 5.74) is 4.09. The predicted octanol–water partition coefficient (Wildman–Crippen LogP) is 5.28. The van der Waals surface area contributed by atoms with Crippen molar-refractivity contribution < 1.29 is 4.74 Å². The van der Waals surface area contributed by atoms with Crippen LogP contribution in [0.5, 0.6) is 0 Å². The van der Waals surface area contributed by atoms with Crippen molar-refractivity contribution in [3.63, 3.8) is 0 Å². The van der Waals surface area contributed by atoms with Gasteiger partial charge in [0.05, 0.1) is 18.8 Å². The molecule has 2 aromatic heterocycles. The molecule has 0 amide bonds. The van der Waals surface area contributed by atoms with E-state index in [0.717, 1.165) is 29.4 Å². The Morgan fingerprint density at radius 2 is 2.06 bits per heavy atom. The van der Waals surface area contributed by atoms with E-state index in [4.69, 9.17) is 4.74 Å². The van der Waals surface area contributed by atoms with Crippen molar-refractivity contribution in [2.24, 2.45) is 0 Å². The van der Waals surface area contributed by atoms with Gasteiger partial charge in [0, 0.05) is 62.5 Å². The lowest BCUT2D eigenvalue weighted by Gasteiger charge is -2.36. The Morgan fingerprint density at radius 1 is 1.11 bits per heavy atom. The molecular formula is C27H25N5O2S2. The zero-order valence-corrected chi connectivity index (χ0v) is 21.4. The van der Waals surface area contributed by atoms with Crippen molar-refractivity contribution in [2.75, 3.05) is 29.9 Å². The van der Waals surface area contributed by atoms with Gasteiger partial charge in [-0.05, 0) is 48.9 Å². The average Bonchev–Trinajstić information content (AvgIpc) is 2.90. The number of morpholine rings is 1. The molecule has 2 aliphatic heterocycles. The molecule has 6 rings (SSSR count). The minimum absolute atomic E-state index is 0.0557. The smallest absolute Gasteiger partial charge is 0.249 e. The Balaban J connectivity index is 1.20. The van der Waals surface area contributed by atoms with Crippen molar-refractivity contribution in [1.82, 2.24) is 15.0 Å². The fourth-order valence-corrected chi connectivity index (χ4v) is 6.93. The lowest BCUT2D eigenvalue weighted by molar-refractivity contribution is 0.0379. The molecule has 7 nitrogen and oxygen atoms in total. The van der Waals surface area contributed by atoms with Gasteiger partial charge in [-0.3, -0.25) is 4.79 Å². The number of aryl methyl sites for hydroxylation is 1. The second-order valence-electron chi connectivity index (χ2n) is 8.71. The molecule has 2 aromatic carbocycles. The first kappa shape index (κ1) is 23.1. The second kappa shape index (κ2) is 10.0. The maximum absolute atomic E-state index is 11.8. The Bertz CT molecular complexity index is 1470. The van der Waals surface area contributed by atoms with E-state index >= 15 is 0 Å². The zero-order chi connectivity index (χ0) is 24.5. The molecule has 1 fully saturated rings. The third kappa shape index (κ3) is 4.86. The number of aromatic amines is 1. The van der Waals surface area contributed by atoms with Crippen LogP contribution in [-0.4, -0.2) is 34.6 Å². The average molecular weight is 516 g/mol. The molecule has 36 heavy (non-hydrogen) atoms. The molecule has 4 heterocycles. The maximum Gasteiger partial charge on any atom is 0.249 e. The highest BCUT2D eigenvalue weighted by Gasteiger charge is 2.28. The topological polar surface area (TPSA) is 83.1 Å². The van der Waals surface area contributed by atoms with Crippen LogP contribution in [0.1, 0.15) is 23.2 Å². The number of aromatic nitrogens is 3. The summed E-state index contributed by atoms with van der Waals surface area (Å²) < 4.78 is 6.23. The molecule has 0 spiro atoms. The summed E-state index contributed by atoms with van der Waals surface area (Å²) in [4.78, 5) is 30.4. The van der Waals surface area contributed by atoms with Crippen LogP contribution in [0.25, 0.3) is 0 Å². The van der Waals surface area contributed by atoms with Crippen molar-refractivity contribution in [2.45, 2.75) is 39.2 Å². The molecule has 0 radical (unpaired) electrons. The van der Waals surface area contributed by atoms with Gasteiger partial charge in [-0.1, -0.05) is 35.7 Å². The number of hydrogen-bond acceptors (Lipinski definition) is 8. The molecule has 0 aliphatic carbocycles. The van der Waals surface area contributed by atoms with Gasteiger partial charge in [-0.15, -0.1) is 0 Å². The van der Waals surface area contributed by atoms with Gasteiger partial charge in [0.15, 0.2) is 0 Å². The first-order valence-electron chi connectivity index (χ1n) is 11.8. The summed E-state index contributed by atoms with van der Waals surface area (Å²) in [6, 6.07) is 18.5. The van der Waals surface area contributed by atoms with Crippen LogP contribution in [0, 0.1) is 6.92 Å². The Kier molecular flexibility index (Phi) is 6.43. The Labute approximate surface area is 217 Å². The van der Waals surface area contributed by atoms with Crippen molar-refractivity contribution in [1.29, 1.82) is 0 Å². The van der Waals surface area contributed by atoms with Gasteiger partial charge in [-0.25, -0.2) is 9.97 Å². The number of fused-ring (bicyclic) bond motifs is 2. The SMILES string of the molecule is Cc1nccc(CNc2ccc3c(c2)Sc2cccc(C4CN(c5cc[nH]c(=O)c5)CCO4)c2S3)n1. The molecule has 1 unspecified atom stereocenters. The number of hydrogen-bond donors (Lipinski definition) is 2. The van der Waals surface area contributed by atoms with Crippen molar-refractivity contribution in [3.8, 4) is 0 Å². The Morgan fingerprint density at radius 3 is 2.94 bits per heavy atom. The molecule has 4 aromatic rings. The number of ether oxygens (including phenoxy) is 1. The molecule has 9 heteroatoms. The van der Waals surface area contributed by atoms with Crippen LogP contribution in [-0.2, 0) is 11.3 Å². The molecule has 2 aliphatic rings. The number of nitrogens with one attached hydrogen (secondary N) is 2. The number of benzene rings is 2. The number of H-pyrrole nitrogens is 1. The number of rotatable bonds is 5. The third-order valence-electron chi connectivity index (χ3n) is 6.23. The molecule has 2 N–H and O–H groups in total. The number of anilines is 2. The van der Waals surface area contributed by atoms with E-state index in [9.17, 15) is 4.79 Å². The van der Waals surface area contributed by atoms with Crippen LogP contribution < -0.4 is 15.8 Å². The van der Waals surface area contributed by atoms with E-state index < -0.39 is 0 Å². The molecule has 0 bridgehead atoms. The lowest BCUT2D eigenvalue weighted by Crippen LogP contribution is -2.39. The zero-order valence-electron chi connectivity index (χ0n) is 19.7. The van der Waals surface area contributed by atoms with E-state index in [-0.39, 0.29) is 11.7 Å². The summed E-state index contributed by atoms with van der Waals surface area (Å²) in [7, 11) is 0. The predicted molar refractivity (Wildman–Crippen MR) is 143 cm³/mol. The molecule has 182 valence electrons. The summed E-state index contributed by atoms with van der Waals surface area (Å²) >= 11 is 3.60. The summed E-state index contributed by atoms with van der Waals surface area (Å²) in [6.45, 7) is 4.66. The highest BCUT2D eigenvalue weighted by Crippen LogP contribution is 2.51. The quantitative estimate of drug-likeness (QED) is 0.327. The van der Waals surface area contributed by atoms with E-state index in [2.05, 4.69) is 61.6 Å². The maximum atomic E-state index is 11.8. The first-order valence-corrected chi connectivity index (χ1v) is 13.5. The fourth-order valence-electron chi connectivity index (χ4n) is 4.48. The largest absolute Gasteiger partial charge is 0.379 e. The summed E-state index contributed by atoms with van der Waals surface area (Å²) in [6.07, 6.45) is 3.44. The molecule has 1 atom stereocenters. The van der Waals surface area contributed by atoms with E-state index in [1.165, 1.54) is 25.1 Å². The van der Waals surface area contributed by atoms with Crippen LogP contribution >= 0.6 is 23.5 Å². The molecule has 0 saturated carbocycles. The number of pyridine rings is 1. The van der Waals surface area contributed by atoms with Crippen LogP contribution in [0.15, 0.2) is 91.4 Å². The van der Waals surface area contributed by atoms with Crippen LogP contribution in [0.4, 0.5) is 11.4 Å². The Hall–Kier alpha value is -3.27. The van der Waals surface area contributed by atoms with Gasteiger partial charge in [0.25, 0.3) is 0 Å². The monoisotopic (exact) mass is 515 g/mol. The lowest BCUT2D eigenvalue weighted by atomic mass is 10.1. The third-order valence-corrected chi connectivity index (χ3v) is 8.84. The minimum Gasteiger partial charge on any atom is -0.379 e. The molecular weight excluding hydrogens is 490 g/mol. The first-order chi connectivity index (χ1) is 17.6. The van der Waals surface area contributed by atoms with Gasteiger partial charge < -0.3 is 19.9 Å². The highest BCUT2D eigenvalue weighted by molar-refractivity contribution is 8.05. The minimum atomic E-state index is -0.0859. The van der Waals surface area contributed by atoms with Crippen molar-refractivity contribution in [3.05, 3.63) is 94.4 Å². The van der Waals surface area contributed by atoms with E-state index in [1.54, 1.807) is 42.0 Å². The van der Waals surface area contributed by atoms with Crippen molar-refractivity contribution >= 4 is 34.9 Å². The van der Waals surface area contributed by atoms with Gasteiger partial charge in [-0.2, -0.15) is 0 Å². The van der Waals surface area contributed by atoms with Crippen LogP contribution in [0.2, 0.25) is 0 Å². The van der Waals surface area contributed by atoms with E-state index in [1.807, 2.05) is 19.1 Å². The van der Waals surface area contributed by atoms with Gasteiger partial charge >= 0.3 is 0 Å².